The van der Waals surface area contributed by atoms with Crippen molar-refractivity contribution in [2.24, 2.45) is 0 Å². The molecular weight excluding hydrogens is 233 g/mol. The van der Waals surface area contributed by atoms with Gasteiger partial charge >= 0.3 is 0 Å². The number of hydrogen-bond acceptors (Lipinski definition) is 2. The van der Waals surface area contributed by atoms with Crippen molar-refractivity contribution in [1.82, 2.24) is 5.32 Å². The summed E-state index contributed by atoms with van der Waals surface area (Å²) in [5.74, 6) is 0.0125. The van der Waals surface area contributed by atoms with E-state index in [4.69, 9.17) is 4.74 Å². The van der Waals surface area contributed by atoms with Crippen molar-refractivity contribution in [2.75, 3.05) is 0 Å². The Bertz CT molecular complexity index is 378. The van der Waals surface area contributed by atoms with Gasteiger partial charge in [0.25, 0.3) is 5.91 Å². The highest BCUT2D eigenvalue weighted by Gasteiger charge is 2.16. The van der Waals surface area contributed by atoms with Gasteiger partial charge in [0.2, 0.25) is 0 Å². The molecule has 1 rings (SSSR count). The summed E-state index contributed by atoms with van der Waals surface area (Å²) in [5, 5.41) is 2.87. The largest absolute Gasteiger partial charge is 0.481 e. The molecule has 0 heterocycles. The molecule has 0 unspecified atom stereocenters. The van der Waals surface area contributed by atoms with Crippen molar-refractivity contribution in [3.05, 3.63) is 30.1 Å². The fourth-order valence-electron chi connectivity index (χ4n) is 1.64. The lowest BCUT2D eigenvalue weighted by Crippen LogP contribution is -2.41. The normalized spacial score (nSPS) is 13.8. The van der Waals surface area contributed by atoms with Gasteiger partial charge in [-0.15, -0.1) is 0 Å². The molecule has 0 radical (unpaired) electrons. The Morgan fingerprint density at radius 1 is 1.33 bits per heavy atom. The number of carbonyl (C=O) groups excluding carboxylic acids is 1. The minimum Gasteiger partial charge on any atom is -0.481 e. The first-order valence-electron chi connectivity index (χ1n) is 6.25. The van der Waals surface area contributed by atoms with E-state index < -0.39 is 6.10 Å². The first-order valence-corrected chi connectivity index (χ1v) is 6.25. The lowest BCUT2D eigenvalue weighted by Gasteiger charge is -2.18. The zero-order valence-corrected chi connectivity index (χ0v) is 11.1. The smallest absolute Gasteiger partial charge is 0.260 e. The molecule has 0 aliphatic carbocycles. The van der Waals surface area contributed by atoms with Crippen LogP contribution in [-0.4, -0.2) is 18.1 Å². The van der Waals surface area contributed by atoms with Crippen LogP contribution >= 0.6 is 0 Å². The lowest BCUT2D eigenvalue weighted by atomic mass is 10.2. The van der Waals surface area contributed by atoms with Crippen molar-refractivity contribution in [3.8, 4) is 5.75 Å². The van der Waals surface area contributed by atoms with E-state index in [1.165, 1.54) is 24.3 Å². The highest BCUT2D eigenvalue weighted by atomic mass is 19.1. The number of nitrogens with one attached hydrogen (secondary N) is 1. The first-order chi connectivity index (χ1) is 8.52. The number of ether oxygens (including phenoxy) is 1. The average molecular weight is 253 g/mol. The van der Waals surface area contributed by atoms with Crippen LogP contribution in [0.2, 0.25) is 0 Å². The molecule has 4 heteroatoms. The average Bonchev–Trinajstić information content (AvgIpc) is 2.32. The summed E-state index contributed by atoms with van der Waals surface area (Å²) in [6.45, 7) is 5.71. The number of halogens is 1. The first kappa shape index (κ1) is 14.5. The molecule has 0 aliphatic rings. The number of rotatable bonds is 6. The summed E-state index contributed by atoms with van der Waals surface area (Å²) in [4.78, 5) is 11.8. The van der Waals surface area contributed by atoms with E-state index in [0.29, 0.717) is 5.75 Å². The van der Waals surface area contributed by atoms with Gasteiger partial charge in [0, 0.05) is 6.04 Å². The van der Waals surface area contributed by atoms with E-state index in [1.54, 1.807) is 6.92 Å². The summed E-state index contributed by atoms with van der Waals surface area (Å²) in [6, 6.07) is 5.77. The topological polar surface area (TPSA) is 38.3 Å². The van der Waals surface area contributed by atoms with Gasteiger partial charge in [-0.1, -0.05) is 13.3 Å². The monoisotopic (exact) mass is 253 g/mol. The maximum absolute atomic E-state index is 12.7. The standard InChI is InChI=1S/C14H20FNO2/c1-4-5-10(2)16-14(17)11(3)18-13-8-6-12(15)7-9-13/h6-11H,4-5H2,1-3H3,(H,16,17)/t10-,11-/m0/s1. The summed E-state index contributed by atoms with van der Waals surface area (Å²) in [7, 11) is 0. The quantitative estimate of drug-likeness (QED) is 0.846. The second-order valence-electron chi connectivity index (χ2n) is 4.41. The second-order valence-corrected chi connectivity index (χ2v) is 4.41. The van der Waals surface area contributed by atoms with Crippen LogP contribution in [0, 0.1) is 5.82 Å². The maximum Gasteiger partial charge on any atom is 0.260 e. The number of carbonyl (C=O) groups is 1. The van der Waals surface area contributed by atoms with E-state index in [9.17, 15) is 9.18 Å². The van der Waals surface area contributed by atoms with Gasteiger partial charge in [-0.05, 0) is 44.5 Å². The molecule has 1 N–H and O–H groups in total. The predicted molar refractivity (Wildman–Crippen MR) is 69.0 cm³/mol. The molecule has 0 aromatic heterocycles. The van der Waals surface area contributed by atoms with Gasteiger partial charge in [-0.3, -0.25) is 4.79 Å². The third-order valence-electron chi connectivity index (χ3n) is 2.61. The van der Waals surface area contributed by atoms with Crippen LogP contribution < -0.4 is 10.1 Å². The summed E-state index contributed by atoms with van der Waals surface area (Å²) in [6.07, 6.45) is 1.37. The highest BCUT2D eigenvalue weighted by molar-refractivity contribution is 5.80. The molecule has 0 spiro atoms. The van der Waals surface area contributed by atoms with E-state index in [0.717, 1.165) is 12.8 Å². The van der Waals surface area contributed by atoms with Gasteiger partial charge in [0.15, 0.2) is 6.10 Å². The molecule has 0 saturated heterocycles. The van der Waals surface area contributed by atoms with Crippen LogP contribution in [-0.2, 0) is 4.79 Å². The molecule has 0 fully saturated rings. The zero-order valence-electron chi connectivity index (χ0n) is 11.1. The summed E-state index contributed by atoms with van der Waals surface area (Å²) in [5.41, 5.74) is 0. The Kier molecular flexibility index (Phi) is 5.62. The Hall–Kier alpha value is -1.58. The predicted octanol–water partition coefficient (Wildman–Crippen LogP) is 2.90. The molecule has 18 heavy (non-hydrogen) atoms. The second kappa shape index (κ2) is 6.99. The maximum atomic E-state index is 12.7. The molecular formula is C14H20FNO2. The van der Waals surface area contributed by atoms with Crippen molar-refractivity contribution in [2.45, 2.75) is 45.8 Å². The van der Waals surface area contributed by atoms with Gasteiger partial charge in [-0.2, -0.15) is 0 Å². The zero-order chi connectivity index (χ0) is 13.5. The number of amides is 1. The van der Waals surface area contributed by atoms with Crippen molar-refractivity contribution in [1.29, 1.82) is 0 Å². The van der Waals surface area contributed by atoms with Crippen LogP contribution in [0.1, 0.15) is 33.6 Å². The van der Waals surface area contributed by atoms with Crippen LogP contribution in [0.25, 0.3) is 0 Å². The van der Waals surface area contributed by atoms with Gasteiger partial charge in [-0.25, -0.2) is 4.39 Å². The molecule has 0 aliphatic heterocycles. The van der Waals surface area contributed by atoms with E-state index in [1.807, 2.05) is 6.92 Å². The Balaban J connectivity index is 2.46. The van der Waals surface area contributed by atoms with Crippen LogP contribution in [0.5, 0.6) is 5.75 Å². The molecule has 0 bridgehead atoms. The summed E-state index contributed by atoms with van der Waals surface area (Å²) < 4.78 is 18.1. The lowest BCUT2D eigenvalue weighted by molar-refractivity contribution is -0.127. The van der Waals surface area contributed by atoms with E-state index in [-0.39, 0.29) is 17.8 Å². The summed E-state index contributed by atoms with van der Waals surface area (Å²) >= 11 is 0. The van der Waals surface area contributed by atoms with E-state index >= 15 is 0 Å². The Morgan fingerprint density at radius 3 is 2.50 bits per heavy atom. The minimum atomic E-state index is -0.588. The Labute approximate surface area is 107 Å². The van der Waals surface area contributed by atoms with Crippen LogP contribution in [0.15, 0.2) is 24.3 Å². The Morgan fingerprint density at radius 2 is 1.94 bits per heavy atom. The van der Waals surface area contributed by atoms with Crippen LogP contribution in [0.3, 0.4) is 0 Å². The molecule has 1 aromatic carbocycles. The van der Waals surface area contributed by atoms with Crippen molar-refractivity contribution in [3.63, 3.8) is 0 Å². The van der Waals surface area contributed by atoms with Gasteiger partial charge < -0.3 is 10.1 Å². The van der Waals surface area contributed by atoms with Gasteiger partial charge in [0.1, 0.15) is 11.6 Å². The fraction of sp³-hybridized carbons (Fsp3) is 0.500. The fourth-order valence-corrected chi connectivity index (χ4v) is 1.64. The molecule has 1 amide bonds. The minimum absolute atomic E-state index is 0.141. The third kappa shape index (κ3) is 4.73. The SMILES string of the molecule is CCC[C@H](C)NC(=O)[C@H](C)Oc1ccc(F)cc1. The number of hydrogen-bond donors (Lipinski definition) is 1. The third-order valence-corrected chi connectivity index (χ3v) is 2.61. The molecule has 1 aromatic rings. The van der Waals surface area contributed by atoms with Crippen molar-refractivity contribution >= 4 is 5.91 Å². The van der Waals surface area contributed by atoms with Crippen LogP contribution in [0.4, 0.5) is 4.39 Å². The van der Waals surface area contributed by atoms with Crippen molar-refractivity contribution < 1.29 is 13.9 Å². The molecule has 2 atom stereocenters. The molecule has 100 valence electrons. The molecule has 0 saturated carbocycles. The van der Waals surface area contributed by atoms with Gasteiger partial charge in [0.05, 0.1) is 0 Å². The number of benzene rings is 1. The van der Waals surface area contributed by atoms with E-state index in [2.05, 4.69) is 12.2 Å². The highest BCUT2D eigenvalue weighted by Crippen LogP contribution is 2.13. The molecule has 3 nitrogen and oxygen atoms in total.